The maximum Gasteiger partial charge on any atom is 0.435 e. The molecule has 1 aliphatic carbocycles. The number of rotatable bonds is 9. The zero-order valence-corrected chi connectivity index (χ0v) is 23.1. The second kappa shape index (κ2) is 11.8. The van der Waals surface area contributed by atoms with Crippen molar-refractivity contribution in [1.29, 1.82) is 0 Å². The van der Waals surface area contributed by atoms with E-state index in [2.05, 4.69) is 25.3 Å². The zero-order valence-electron chi connectivity index (χ0n) is 23.1. The van der Waals surface area contributed by atoms with E-state index in [0.29, 0.717) is 30.8 Å². The Morgan fingerprint density at radius 1 is 1.17 bits per heavy atom. The number of alkyl halides is 5. The molecule has 0 N–H and O–H groups in total. The number of aryl methyl sites for hydroxylation is 1. The topological polar surface area (TPSA) is 108 Å². The number of anilines is 1. The molecule has 0 bridgehead atoms. The van der Waals surface area contributed by atoms with Gasteiger partial charge in [-0.1, -0.05) is 5.21 Å². The van der Waals surface area contributed by atoms with E-state index in [9.17, 15) is 26.7 Å². The van der Waals surface area contributed by atoms with Gasteiger partial charge in [0.1, 0.15) is 18.0 Å². The summed E-state index contributed by atoms with van der Waals surface area (Å²) in [4.78, 5) is 25.8. The number of nitrogens with zero attached hydrogens (tertiary/aromatic N) is 7. The Bertz CT molecular complexity index is 1420. The van der Waals surface area contributed by atoms with E-state index >= 15 is 0 Å². The average molecular weight is 596 g/mol. The van der Waals surface area contributed by atoms with Crippen molar-refractivity contribution in [3.05, 3.63) is 41.5 Å². The number of carbonyl (C=O) groups is 1. The number of aromatic nitrogens is 6. The van der Waals surface area contributed by atoms with Crippen LogP contribution >= 0.6 is 0 Å². The number of pyridine rings is 1. The second-order valence-corrected chi connectivity index (χ2v) is 10.5. The van der Waals surface area contributed by atoms with Crippen LogP contribution in [-0.2, 0) is 29.4 Å². The molecule has 3 aromatic heterocycles. The Hall–Kier alpha value is -3.91. The van der Waals surface area contributed by atoms with Gasteiger partial charge in [0.05, 0.1) is 30.1 Å². The summed E-state index contributed by atoms with van der Waals surface area (Å²) in [6.45, 7) is 2.41. The summed E-state index contributed by atoms with van der Waals surface area (Å²) in [6, 6.07) is 4.30. The van der Waals surface area contributed by atoms with Crippen molar-refractivity contribution < 1.29 is 36.2 Å². The van der Waals surface area contributed by atoms with Gasteiger partial charge in [-0.2, -0.15) is 18.2 Å². The number of hydrogen-bond donors (Lipinski definition) is 0. The molecule has 0 unspecified atom stereocenters. The normalized spacial score (nSPS) is 18.9. The molecule has 0 aromatic carbocycles. The molecule has 226 valence electrons. The van der Waals surface area contributed by atoms with Crippen molar-refractivity contribution in [3.8, 4) is 17.4 Å². The molecule has 0 radical (unpaired) electrons. The molecule has 5 rings (SSSR count). The van der Waals surface area contributed by atoms with Crippen LogP contribution in [0.2, 0.25) is 0 Å². The van der Waals surface area contributed by atoms with Crippen LogP contribution in [-0.4, -0.2) is 61.5 Å². The lowest BCUT2D eigenvalue weighted by Gasteiger charge is -2.35. The minimum absolute atomic E-state index is 0.0516. The third kappa shape index (κ3) is 6.59. The third-order valence-electron chi connectivity index (χ3n) is 7.45. The summed E-state index contributed by atoms with van der Waals surface area (Å²) in [5, 5.41) is 7.96. The highest BCUT2D eigenvalue weighted by atomic mass is 19.4. The van der Waals surface area contributed by atoms with Crippen molar-refractivity contribution >= 4 is 11.7 Å². The molecular weight excluding hydrogens is 565 g/mol. The van der Waals surface area contributed by atoms with Gasteiger partial charge in [0, 0.05) is 45.1 Å². The maximum absolute atomic E-state index is 14.3. The van der Waals surface area contributed by atoms with E-state index < -0.39 is 23.7 Å². The van der Waals surface area contributed by atoms with Gasteiger partial charge in [0.15, 0.2) is 5.69 Å². The van der Waals surface area contributed by atoms with Crippen molar-refractivity contribution in [1.82, 2.24) is 29.9 Å². The quantitative estimate of drug-likeness (QED) is 0.251. The highest BCUT2D eigenvalue weighted by Crippen LogP contribution is 2.47. The number of carbonyl (C=O) groups excluding carboxylic acids is 1. The number of hydrogen-bond acceptors (Lipinski definition) is 9. The molecule has 10 nitrogen and oxygen atoms in total. The lowest BCUT2D eigenvalue weighted by atomic mass is 9.79. The Morgan fingerprint density at radius 2 is 1.95 bits per heavy atom. The fourth-order valence-electron chi connectivity index (χ4n) is 5.35. The van der Waals surface area contributed by atoms with E-state index in [-0.39, 0.29) is 74.0 Å². The Labute approximate surface area is 238 Å². The SMILES string of the molecule is CCOC(=O)C[C@H]1CCCN(c2ccc(-c3nnn(C)c3COc3nccc(C4CC(F)(F)C4)n3)nc2C(F)(F)F)C1. The standard InChI is InChI=1S/C27H30F5N7O3/c1-3-41-22(40)11-16-5-4-10-39(14-16)20-7-6-19(34-24(20)27(30,31)32)23-21(38(2)37-36-23)15-42-25-33-9-8-18(35-25)17-12-26(28,29)13-17/h6-9,16-17H,3-5,10-15H2,1-2H3/t16-/m1/s1. The van der Waals surface area contributed by atoms with E-state index in [4.69, 9.17) is 9.47 Å². The summed E-state index contributed by atoms with van der Waals surface area (Å²) >= 11 is 0. The van der Waals surface area contributed by atoms with Crippen molar-refractivity contribution in [2.24, 2.45) is 13.0 Å². The number of ether oxygens (including phenoxy) is 2. The van der Waals surface area contributed by atoms with E-state index in [0.717, 1.165) is 0 Å². The summed E-state index contributed by atoms with van der Waals surface area (Å²) in [7, 11) is 1.55. The van der Waals surface area contributed by atoms with Gasteiger partial charge in [-0.05, 0) is 43.9 Å². The second-order valence-electron chi connectivity index (χ2n) is 10.5. The molecule has 2 fully saturated rings. The van der Waals surface area contributed by atoms with Crippen LogP contribution in [0.25, 0.3) is 11.4 Å². The predicted molar refractivity (Wildman–Crippen MR) is 139 cm³/mol. The van der Waals surface area contributed by atoms with Gasteiger partial charge in [0.25, 0.3) is 0 Å². The number of halogens is 5. The monoisotopic (exact) mass is 595 g/mol. The first-order valence-electron chi connectivity index (χ1n) is 13.6. The number of piperidine rings is 1. The molecule has 1 aliphatic heterocycles. The summed E-state index contributed by atoms with van der Waals surface area (Å²) in [5.41, 5.74) is -0.355. The first-order valence-corrected chi connectivity index (χ1v) is 13.6. The minimum Gasteiger partial charge on any atom is -0.466 e. The largest absolute Gasteiger partial charge is 0.466 e. The Morgan fingerprint density at radius 3 is 2.67 bits per heavy atom. The minimum atomic E-state index is -4.76. The highest BCUT2D eigenvalue weighted by Gasteiger charge is 2.46. The third-order valence-corrected chi connectivity index (χ3v) is 7.45. The van der Waals surface area contributed by atoms with Crippen molar-refractivity contribution in [2.75, 3.05) is 24.6 Å². The fraction of sp³-hybridized carbons (Fsp3) is 0.556. The average Bonchev–Trinajstić information content (AvgIpc) is 3.30. The molecule has 1 atom stereocenters. The van der Waals surface area contributed by atoms with Gasteiger partial charge in [-0.3, -0.25) is 4.79 Å². The number of esters is 1. The predicted octanol–water partition coefficient (Wildman–Crippen LogP) is 4.95. The van der Waals surface area contributed by atoms with Gasteiger partial charge < -0.3 is 14.4 Å². The van der Waals surface area contributed by atoms with Crippen LogP contribution in [0.1, 0.15) is 62.0 Å². The Balaban J connectivity index is 1.35. The van der Waals surface area contributed by atoms with E-state index in [1.54, 1.807) is 24.9 Å². The molecule has 4 heterocycles. The zero-order chi connectivity index (χ0) is 30.1. The fourth-order valence-corrected chi connectivity index (χ4v) is 5.35. The maximum atomic E-state index is 14.3. The first kappa shape index (κ1) is 29.6. The first-order chi connectivity index (χ1) is 19.9. The molecule has 1 saturated carbocycles. The molecule has 2 aliphatic rings. The lowest BCUT2D eigenvalue weighted by Crippen LogP contribution is -2.37. The summed E-state index contributed by atoms with van der Waals surface area (Å²) in [5.74, 6) is -3.61. The van der Waals surface area contributed by atoms with Gasteiger partial charge in [-0.15, -0.1) is 5.10 Å². The molecule has 3 aromatic rings. The van der Waals surface area contributed by atoms with Crippen LogP contribution in [0, 0.1) is 5.92 Å². The molecule has 1 saturated heterocycles. The van der Waals surface area contributed by atoms with Gasteiger partial charge >= 0.3 is 18.2 Å². The summed E-state index contributed by atoms with van der Waals surface area (Å²) in [6.07, 6.45) is -2.47. The van der Waals surface area contributed by atoms with Crippen molar-refractivity contribution in [3.63, 3.8) is 0 Å². The molecule has 42 heavy (non-hydrogen) atoms. The van der Waals surface area contributed by atoms with Crippen LogP contribution in [0.4, 0.5) is 27.6 Å². The van der Waals surface area contributed by atoms with E-state index in [1.165, 1.54) is 23.0 Å². The lowest BCUT2D eigenvalue weighted by molar-refractivity contribution is -0.144. The van der Waals surface area contributed by atoms with Gasteiger partial charge in [-0.25, -0.2) is 23.4 Å². The smallest absolute Gasteiger partial charge is 0.435 e. The van der Waals surface area contributed by atoms with Crippen LogP contribution < -0.4 is 9.64 Å². The van der Waals surface area contributed by atoms with Crippen LogP contribution in [0.15, 0.2) is 24.4 Å². The highest BCUT2D eigenvalue weighted by molar-refractivity contribution is 5.70. The van der Waals surface area contributed by atoms with Crippen molar-refractivity contribution in [2.45, 2.75) is 63.7 Å². The van der Waals surface area contributed by atoms with Gasteiger partial charge in [0.2, 0.25) is 5.92 Å². The summed E-state index contributed by atoms with van der Waals surface area (Å²) < 4.78 is 81.4. The molecule has 15 heteroatoms. The molecule has 0 spiro atoms. The molecular formula is C27H30F5N7O3. The Kier molecular flexibility index (Phi) is 8.28. The molecule has 0 amide bonds. The van der Waals surface area contributed by atoms with Crippen LogP contribution in [0.5, 0.6) is 6.01 Å². The van der Waals surface area contributed by atoms with Crippen LogP contribution in [0.3, 0.4) is 0 Å². The van der Waals surface area contributed by atoms with E-state index in [1.807, 2.05) is 0 Å².